The Morgan fingerprint density at radius 3 is 2.71 bits per heavy atom. The van der Waals surface area contributed by atoms with Gasteiger partial charge >= 0.3 is 0 Å². The number of amides is 1. The van der Waals surface area contributed by atoms with Crippen molar-refractivity contribution >= 4 is 29.9 Å². The second kappa shape index (κ2) is 7.45. The largest absolute Gasteiger partial charge is 0.337 e. The number of hydrogen-bond acceptors (Lipinski definition) is 3. The lowest BCUT2D eigenvalue weighted by atomic mass is 10.2. The van der Waals surface area contributed by atoms with Crippen LogP contribution >= 0.6 is 24.0 Å². The number of nitrogens with one attached hydrogen (secondary N) is 1. The van der Waals surface area contributed by atoms with Gasteiger partial charge in [-0.05, 0) is 24.6 Å². The topological polar surface area (TPSA) is 35.6 Å². The summed E-state index contributed by atoms with van der Waals surface area (Å²) >= 11 is 5.96. The molecule has 1 aromatic rings. The van der Waals surface area contributed by atoms with Crippen LogP contribution in [0.5, 0.6) is 0 Å². The van der Waals surface area contributed by atoms with E-state index in [-0.39, 0.29) is 18.3 Å². The third-order valence-corrected chi connectivity index (χ3v) is 4.43. The molecule has 6 heteroatoms. The maximum absolute atomic E-state index is 12.5. The molecule has 4 nitrogen and oxygen atoms in total. The van der Waals surface area contributed by atoms with Gasteiger partial charge < -0.3 is 10.2 Å². The highest BCUT2D eigenvalue weighted by molar-refractivity contribution is 6.30. The first kappa shape index (κ1) is 16.6. The van der Waals surface area contributed by atoms with Gasteiger partial charge in [0.05, 0.1) is 0 Å². The van der Waals surface area contributed by atoms with Gasteiger partial charge in [-0.1, -0.05) is 17.7 Å². The molecule has 0 bridgehead atoms. The van der Waals surface area contributed by atoms with E-state index >= 15 is 0 Å². The Balaban J connectivity index is 0.00000161. The van der Waals surface area contributed by atoms with Crippen molar-refractivity contribution in [3.63, 3.8) is 0 Å². The first-order valence-electron chi connectivity index (χ1n) is 7.23. The van der Waals surface area contributed by atoms with Crippen LogP contribution in [0.25, 0.3) is 0 Å². The van der Waals surface area contributed by atoms with Crippen LogP contribution in [0, 0.1) is 0 Å². The highest BCUT2D eigenvalue weighted by atomic mass is 35.5. The summed E-state index contributed by atoms with van der Waals surface area (Å²) in [6, 6.07) is 7.74. The SMILES string of the molecule is Cl.O=C(c1cccc(Cl)c1)N1CCC(N2CCNCC2)C1. The average molecular weight is 330 g/mol. The van der Waals surface area contributed by atoms with Gasteiger partial charge in [-0.25, -0.2) is 0 Å². The molecule has 0 aliphatic carbocycles. The van der Waals surface area contributed by atoms with Gasteiger partial charge in [-0.15, -0.1) is 12.4 Å². The van der Waals surface area contributed by atoms with Crippen molar-refractivity contribution in [3.05, 3.63) is 34.9 Å². The summed E-state index contributed by atoms with van der Waals surface area (Å²) in [4.78, 5) is 16.9. The molecule has 0 aromatic heterocycles. The van der Waals surface area contributed by atoms with E-state index < -0.39 is 0 Å². The second-order valence-electron chi connectivity index (χ2n) is 5.49. The van der Waals surface area contributed by atoms with Crippen molar-refractivity contribution < 1.29 is 4.79 Å². The number of hydrogen-bond donors (Lipinski definition) is 1. The minimum Gasteiger partial charge on any atom is -0.337 e. The maximum atomic E-state index is 12.5. The van der Waals surface area contributed by atoms with E-state index in [9.17, 15) is 4.79 Å². The van der Waals surface area contributed by atoms with Gasteiger partial charge in [0.25, 0.3) is 5.91 Å². The van der Waals surface area contributed by atoms with E-state index in [0.717, 1.165) is 45.7 Å². The van der Waals surface area contributed by atoms with E-state index in [1.165, 1.54) is 0 Å². The predicted octanol–water partition coefficient (Wildman–Crippen LogP) is 1.88. The molecule has 3 rings (SSSR count). The molecule has 2 heterocycles. The van der Waals surface area contributed by atoms with Crippen LogP contribution in [0.15, 0.2) is 24.3 Å². The third-order valence-electron chi connectivity index (χ3n) is 4.19. The minimum absolute atomic E-state index is 0. The molecule has 2 fully saturated rings. The highest BCUT2D eigenvalue weighted by Gasteiger charge is 2.31. The van der Waals surface area contributed by atoms with Gasteiger partial charge in [-0.2, -0.15) is 0 Å². The normalized spacial score (nSPS) is 22.9. The van der Waals surface area contributed by atoms with E-state index in [1.807, 2.05) is 17.0 Å². The zero-order chi connectivity index (χ0) is 13.9. The Kier molecular flexibility index (Phi) is 5.88. The molecule has 21 heavy (non-hydrogen) atoms. The van der Waals surface area contributed by atoms with Crippen LogP contribution in [0.2, 0.25) is 5.02 Å². The van der Waals surface area contributed by atoms with Crippen LogP contribution in [-0.4, -0.2) is 61.0 Å². The lowest BCUT2D eigenvalue weighted by Crippen LogP contribution is -2.49. The fraction of sp³-hybridized carbons (Fsp3) is 0.533. The summed E-state index contributed by atoms with van der Waals surface area (Å²) < 4.78 is 0. The quantitative estimate of drug-likeness (QED) is 0.899. The minimum atomic E-state index is 0. The molecule has 116 valence electrons. The average Bonchev–Trinajstić information content (AvgIpc) is 2.97. The molecule has 0 saturated carbocycles. The summed E-state index contributed by atoms with van der Waals surface area (Å²) in [6.07, 6.45) is 1.08. The standard InChI is InChI=1S/C15H20ClN3O.ClH/c16-13-3-1-2-12(10-13)15(20)19-7-4-14(11-19)18-8-5-17-6-9-18;/h1-3,10,14,17H,4-9,11H2;1H. The van der Waals surface area contributed by atoms with Gasteiger partial charge in [-0.3, -0.25) is 9.69 Å². The molecular formula is C15H21Cl2N3O. The van der Waals surface area contributed by atoms with Gasteiger partial charge in [0.1, 0.15) is 0 Å². The predicted molar refractivity (Wildman–Crippen MR) is 87.5 cm³/mol. The molecule has 1 unspecified atom stereocenters. The van der Waals surface area contributed by atoms with Crippen LogP contribution < -0.4 is 5.32 Å². The number of rotatable bonds is 2. The molecule has 1 aromatic carbocycles. The lowest BCUT2D eigenvalue weighted by Gasteiger charge is -2.32. The first-order valence-corrected chi connectivity index (χ1v) is 7.61. The van der Waals surface area contributed by atoms with Crippen molar-refractivity contribution in [2.45, 2.75) is 12.5 Å². The summed E-state index contributed by atoms with van der Waals surface area (Å²) in [5.41, 5.74) is 0.693. The number of carbonyl (C=O) groups is 1. The summed E-state index contributed by atoms with van der Waals surface area (Å²) in [6.45, 7) is 5.97. The van der Waals surface area contributed by atoms with Gasteiger partial charge in [0.2, 0.25) is 0 Å². The Labute approximate surface area is 136 Å². The van der Waals surface area contributed by atoms with Crippen molar-refractivity contribution in [2.24, 2.45) is 0 Å². The molecule has 1 amide bonds. The Morgan fingerprint density at radius 1 is 1.24 bits per heavy atom. The number of nitrogens with zero attached hydrogens (tertiary/aromatic N) is 2. The molecule has 2 aliphatic rings. The molecule has 1 N–H and O–H groups in total. The maximum Gasteiger partial charge on any atom is 0.253 e. The highest BCUT2D eigenvalue weighted by Crippen LogP contribution is 2.20. The van der Waals surface area contributed by atoms with Crippen LogP contribution in [0.4, 0.5) is 0 Å². The molecule has 0 radical (unpaired) electrons. The summed E-state index contributed by atoms with van der Waals surface area (Å²) in [5.74, 6) is 0.102. The summed E-state index contributed by atoms with van der Waals surface area (Å²) in [5, 5.41) is 3.99. The van der Waals surface area contributed by atoms with Crippen LogP contribution in [0.3, 0.4) is 0 Å². The lowest BCUT2D eigenvalue weighted by molar-refractivity contribution is 0.0773. The monoisotopic (exact) mass is 329 g/mol. The van der Waals surface area contributed by atoms with E-state index in [2.05, 4.69) is 10.2 Å². The van der Waals surface area contributed by atoms with E-state index in [1.54, 1.807) is 12.1 Å². The molecule has 0 spiro atoms. The fourth-order valence-electron chi connectivity index (χ4n) is 3.08. The molecule has 1 atom stereocenters. The van der Waals surface area contributed by atoms with Gasteiger partial charge in [0.15, 0.2) is 0 Å². The number of halogens is 2. The number of carbonyl (C=O) groups excluding carboxylic acids is 1. The third kappa shape index (κ3) is 3.89. The fourth-order valence-corrected chi connectivity index (χ4v) is 3.27. The van der Waals surface area contributed by atoms with Crippen molar-refractivity contribution in [3.8, 4) is 0 Å². The zero-order valence-corrected chi connectivity index (χ0v) is 13.5. The Morgan fingerprint density at radius 2 is 2.00 bits per heavy atom. The first-order chi connectivity index (χ1) is 9.74. The Bertz CT molecular complexity index is 492. The van der Waals surface area contributed by atoms with Crippen molar-refractivity contribution in [2.75, 3.05) is 39.3 Å². The number of piperazine rings is 1. The van der Waals surface area contributed by atoms with Crippen molar-refractivity contribution in [1.82, 2.24) is 15.1 Å². The zero-order valence-electron chi connectivity index (χ0n) is 11.9. The Hall–Kier alpha value is -0.810. The van der Waals surface area contributed by atoms with E-state index in [4.69, 9.17) is 11.6 Å². The van der Waals surface area contributed by atoms with Gasteiger partial charge in [0, 0.05) is 55.9 Å². The molecule has 2 saturated heterocycles. The summed E-state index contributed by atoms with van der Waals surface area (Å²) in [7, 11) is 0. The van der Waals surface area contributed by atoms with E-state index in [0.29, 0.717) is 16.6 Å². The number of likely N-dealkylation sites (tertiary alicyclic amines) is 1. The number of benzene rings is 1. The second-order valence-corrected chi connectivity index (χ2v) is 5.93. The van der Waals surface area contributed by atoms with Crippen LogP contribution in [-0.2, 0) is 0 Å². The molecule has 2 aliphatic heterocycles. The molecular weight excluding hydrogens is 309 g/mol. The smallest absolute Gasteiger partial charge is 0.253 e. The van der Waals surface area contributed by atoms with Crippen molar-refractivity contribution in [1.29, 1.82) is 0 Å². The van der Waals surface area contributed by atoms with Crippen LogP contribution in [0.1, 0.15) is 16.8 Å².